The molecule has 1 saturated heterocycles. The van der Waals surface area contributed by atoms with Crippen molar-refractivity contribution in [3.63, 3.8) is 0 Å². The second-order valence-electron chi connectivity index (χ2n) is 6.27. The Morgan fingerprint density at radius 3 is 3.14 bits per heavy atom. The Kier molecular flexibility index (Phi) is 4.13. The van der Waals surface area contributed by atoms with Gasteiger partial charge in [0.2, 0.25) is 0 Å². The highest BCUT2D eigenvalue weighted by Crippen LogP contribution is 2.30. The number of H-pyrrole nitrogens is 1. The molecule has 3 heterocycles. The highest BCUT2D eigenvalue weighted by Gasteiger charge is 2.16. The van der Waals surface area contributed by atoms with Crippen molar-refractivity contribution >= 4 is 22.9 Å². The molecule has 4 rings (SSSR count). The summed E-state index contributed by atoms with van der Waals surface area (Å²) < 4.78 is 5.24. The molecule has 1 aromatic heterocycles. The Labute approximate surface area is 135 Å². The second-order valence-corrected chi connectivity index (χ2v) is 7.03. The van der Waals surface area contributed by atoms with Crippen LogP contribution in [0.15, 0.2) is 36.7 Å². The third kappa shape index (κ3) is 2.90. The van der Waals surface area contributed by atoms with Crippen LogP contribution in [0, 0.1) is 0 Å². The largest absolute Gasteiger partial charge is 0.434 e. The summed E-state index contributed by atoms with van der Waals surface area (Å²) in [5.41, 5.74) is 4.09. The monoisotopic (exact) mass is 314 g/mol. The van der Waals surface area contributed by atoms with Gasteiger partial charge in [-0.1, -0.05) is 6.07 Å². The van der Waals surface area contributed by atoms with Gasteiger partial charge in [-0.2, -0.15) is 0 Å². The van der Waals surface area contributed by atoms with Crippen molar-refractivity contribution in [1.29, 1.82) is 0 Å². The zero-order valence-corrected chi connectivity index (χ0v) is 13.5. The molecular weight excluding hydrogens is 292 g/mol. The van der Waals surface area contributed by atoms with Gasteiger partial charge in [0.05, 0.1) is 18.3 Å². The molecule has 0 radical (unpaired) electrons. The summed E-state index contributed by atoms with van der Waals surface area (Å²) >= 11 is 1.53. The van der Waals surface area contributed by atoms with Crippen LogP contribution in [0.2, 0.25) is 0 Å². The van der Waals surface area contributed by atoms with Crippen molar-refractivity contribution in [3.05, 3.63) is 47.9 Å². The van der Waals surface area contributed by atoms with Crippen molar-refractivity contribution in [1.82, 2.24) is 10.3 Å². The molecule has 0 saturated carbocycles. The predicted molar refractivity (Wildman–Crippen MR) is 93.1 cm³/mol. The number of aryl methyl sites for hydroxylation is 1. The molecule has 1 fully saturated rings. The maximum absolute atomic E-state index is 5.24. The first kappa shape index (κ1) is 14.2. The standard InChI is InChI=1S/C18H22N2OS/c1-2-16(19-8-1)5-3-14-11-20-18-6-4-13(10-17(14)18)15-7-9-21-22-12-15/h4,6-7,9-11,15-16,19-20H,1-3,5,8,12H2. The lowest BCUT2D eigenvalue weighted by Crippen LogP contribution is -2.21. The molecule has 0 spiro atoms. The average molecular weight is 314 g/mol. The molecule has 2 atom stereocenters. The number of aromatic nitrogens is 1. The normalized spacial score (nSPS) is 24.7. The fraction of sp³-hybridized carbons (Fsp3) is 0.444. The third-order valence-electron chi connectivity index (χ3n) is 4.83. The molecule has 0 bridgehead atoms. The van der Waals surface area contributed by atoms with E-state index in [0.717, 1.165) is 12.2 Å². The molecule has 2 aromatic rings. The van der Waals surface area contributed by atoms with E-state index < -0.39 is 0 Å². The second kappa shape index (κ2) is 6.39. The Morgan fingerprint density at radius 2 is 2.32 bits per heavy atom. The summed E-state index contributed by atoms with van der Waals surface area (Å²) in [4.78, 5) is 3.43. The zero-order chi connectivity index (χ0) is 14.8. The Hall–Kier alpha value is -1.39. The lowest BCUT2D eigenvalue weighted by atomic mass is 9.97. The first-order valence-electron chi connectivity index (χ1n) is 8.18. The number of rotatable bonds is 4. The van der Waals surface area contributed by atoms with Gasteiger partial charge in [0, 0.05) is 34.8 Å². The maximum Gasteiger partial charge on any atom is 0.0976 e. The smallest absolute Gasteiger partial charge is 0.0976 e. The molecule has 2 N–H and O–H groups in total. The van der Waals surface area contributed by atoms with E-state index in [0.29, 0.717) is 12.0 Å². The minimum absolute atomic E-state index is 0.461. The van der Waals surface area contributed by atoms with Gasteiger partial charge in [-0.05, 0) is 61.6 Å². The molecule has 0 amide bonds. The van der Waals surface area contributed by atoms with Gasteiger partial charge in [-0.15, -0.1) is 0 Å². The van der Waals surface area contributed by atoms with Gasteiger partial charge in [-0.25, -0.2) is 0 Å². The van der Waals surface area contributed by atoms with Crippen LogP contribution < -0.4 is 5.32 Å². The fourth-order valence-electron chi connectivity index (χ4n) is 3.51. The minimum atomic E-state index is 0.461. The summed E-state index contributed by atoms with van der Waals surface area (Å²) in [5, 5.41) is 4.98. The van der Waals surface area contributed by atoms with E-state index in [9.17, 15) is 0 Å². The van der Waals surface area contributed by atoms with Crippen LogP contribution in [0.25, 0.3) is 10.9 Å². The van der Waals surface area contributed by atoms with Gasteiger partial charge >= 0.3 is 0 Å². The van der Waals surface area contributed by atoms with Gasteiger partial charge < -0.3 is 14.5 Å². The number of nitrogens with one attached hydrogen (secondary N) is 2. The number of aromatic amines is 1. The minimum Gasteiger partial charge on any atom is -0.434 e. The molecule has 22 heavy (non-hydrogen) atoms. The molecule has 0 aliphatic carbocycles. The summed E-state index contributed by atoms with van der Waals surface area (Å²) in [6.45, 7) is 1.19. The van der Waals surface area contributed by atoms with Crippen molar-refractivity contribution in [2.45, 2.75) is 37.6 Å². The van der Waals surface area contributed by atoms with E-state index in [1.807, 2.05) is 6.26 Å². The quantitative estimate of drug-likeness (QED) is 0.833. The van der Waals surface area contributed by atoms with Crippen LogP contribution in [0.4, 0.5) is 0 Å². The highest BCUT2D eigenvalue weighted by atomic mass is 32.2. The molecule has 4 heteroatoms. The van der Waals surface area contributed by atoms with Gasteiger partial charge in [0.1, 0.15) is 0 Å². The van der Waals surface area contributed by atoms with Crippen LogP contribution in [-0.4, -0.2) is 23.3 Å². The van der Waals surface area contributed by atoms with E-state index in [1.54, 1.807) is 0 Å². The van der Waals surface area contributed by atoms with Gasteiger partial charge in [0.15, 0.2) is 0 Å². The van der Waals surface area contributed by atoms with E-state index in [4.69, 9.17) is 4.18 Å². The summed E-state index contributed by atoms with van der Waals surface area (Å²) in [6, 6.07) is 7.53. The summed E-state index contributed by atoms with van der Waals surface area (Å²) in [5.74, 6) is 1.45. The van der Waals surface area contributed by atoms with Crippen LogP contribution >= 0.6 is 12.0 Å². The molecule has 2 aliphatic rings. The molecule has 116 valence electrons. The number of allylic oxidation sites excluding steroid dienone is 1. The summed E-state index contributed by atoms with van der Waals surface area (Å²) in [7, 11) is 0. The SMILES string of the molecule is C1=CC(c2ccc3[nH]cc(CCC4CCCN4)c3c2)CSO1. The summed E-state index contributed by atoms with van der Waals surface area (Å²) in [6.07, 6.45) is 11.2. The first-order valence-corrected chi connectivity index (χ1v) is 9.09. The van der Waals surface area contributed by atoms with Crippen LogP contribution in [0.1, 0.15) is 36.3 Å². The Balaban J connectivity index is 1.56. The highest BCUT2D eigenvalue weighted by molar-refractivity contribution is 7.94. The van der Waals surface area contributed by atoms with Crippen molar-refractivity contribution in [3.8, 4) is 0 Å². The number of benzene rings is 1. The predicted octanol–water partition coefficient (Wildman–Crippen LogP) is 4.13. The van der Waals surface area contributed by atoms with Gasteiger partial charge in [-0.3, -0.25) is 0 Å². The van der Waals surface area contributed by atoms with E-state index in [-0.39, 0.29) is 0 Å². The Bertz CT molecular complexity index is 673. The van der Waals surface area contributed by atoms with Crippen molar-refractivity contribution in [2.75, 3.05) is 12.3 Å². The zero-order valence-electron chi connectivity index (χ0n) is 12.7. The van der Waals surface area contributed by atoms with Gasteiger partial charge in [0.25, 0.3) is 0 Å². The van der Waals surface area contributed by atoms with Crippen molar-refractivity contribution < 1.29 is 4.18 Å². The third-order valence-corrected chi connectivity index (χ3v) is 5.57. The fourth-order valence-corrected chi connectivity index (χ4v) is 4.18. The first-order chi connectivity index (χ1) is 10.9. The number of hydrogen-bond acceptors (Lipinski definition) is 3. The van der Waals surface area contributed by atoms with E-state index in [1.165, 1.54) is 59.9 Å². The molecule has 3 nitrogen and oxygen atoms in total. The lowest BCUT2D eigenvalue weighted by Gasteiger charge is -2.16. The van der Waals surface area contributed by atoms with Crippen LogP contribution in [-0.2, 0) is 10.6 Å². The van der Waals surface area contributed by atoms with Crippen LogP contribution in [0.3, 0.4) is 0 Å². The van der Waals surface area contributed by atoms with E-state index >= 15 is 0 Å². The van der Waals surface area contributed by atoms with Crippen molar-refractivity contribution in [2.24, 2.45) is 0 Å². The lowest BCUT2D eigenvalue weighted by molar-refractivity contribution is 0.546. The number of hydrogen-bond donors (Lipinski definition) is 2. The topological polar surface area (TPSA) is 37.0 Å². The Morgan fingerprint density at radius 1 is 1.32 bits per heavy atom. The van der Waals surface area contributed by atoms with E-state index in [2.05, 4.69) is 40.8 Å². The molecule has 1 aromatic carbocycles. The van der Waals surface area contributed by atoms with Crippen LogP contribution in [0.5, 0.6) is 0 Å². The number of fused-ring (bicyclic) bond motifs is 1. The maximum atomic E-state index is 5.24. The average Bonchev–Trinajstić information content (AvgIpc) is 3.23. The molecular formula is C18H22N2OS. The molecule has 2 unspecified atom stereocenters. The molecule has 2 aliphatic heterocycles.